The van der Waals surface area contributed by atoms with Crippen molar-refractivity contribution in [3.8, 4) is 0 Å². The fraction of sp³-hybridized carbons (Fsp3) is 0.474. The fourth-order valence-corrected chi connectivity index (χ4v) is 2.34. The average Bonchev–Trinajstić information content (AvgIpc) is 2.60. The Hall–Kier alpha value is -2.05. The van der Waals surface area contributed by atoms with Crippen molar-refractivity contribution in [1.29, 1.82) is 0 Å². The number of halogens is 1. The van der Waals surface area contributed by atoms with Crippen LogP contribution in [0.15, 0.2) is 46.1 Å². The van der Waals surface area contributed by atoms with Crippen molar-refractivity contribution in [2.24, 2.45) is 0 Å². The topological polar surface area (TPSA) is 95.9 Å². The number of carboxylic acid groups (broad SMARTS) is 1. The van der Waals surface area contributed by atoms with Gasteiger partial charge < -0.3 is 20.3 Å². The first-order chi connectivity index (χ1) is 12.3. The Balaban J connectivity index is 0.000000660. The molecule has 1 aliphatic rings. The summed E-state index contributed by atoms with van der Waals surface area (Å²) in [7, 11) is 1.27. The van der Waals surface area contributed by atoms with Crippen LogP contribution in [-0.2, 0) is 9.53 Å². The Labute approximate surface area is 159 Å². The van der Waals surface area contributed by atoms with Gasteiger partial charge in [-0.15, -0.1) is 0 Å². The van der Waals surface area contributed by atoms with Crippen LogP contribution in [0.2, 0.25) is 0 Å². The average molecular weight is 386 g/mol. The maximum absolute atomic E-state index is 11.0. The molecule has 0 atom stereocenters. The molecular weight excluding hydrogens is 358 g/mol. The van der Waals surface area contributed by atoms with E-state index in [9.17, 15) is 9.59 Å². The molecule has 0 aromatic carbocycles. The van der Waals surface area contributed by atoms with Crippen LogP contribution in [0.25, 0.3) is 0 Å². The molecule has 0 unspecified atom stereocenters. The smallest absolute Gasteiger partial charge is 0.406 e. The van der Waals surface area contributed by atoms with E-state index < -0.39 is 12.1 Å². The number of carboxylic acids is 1. The number of amides is 1. The van der Waals surface area contributed by atoms with E-state index in [1.807, 2.05) is 32.1 Å². The summed E-state index contributed by atoms with van der Waals surface area (Å²) in [4.78, 5) is 21.1. The molecule has 0 saturated heterocycles. The molecular formula is C19H28ClNO5. The van der Waals surface area contributed by atoms with Gasteiger partial charge >= 0.3 is 12.1 Å². The number of allylic oxidation sites excluding steroid dienone is 6. The second kappa shape index (κ2) is 14.2. The maximum atomic E-state index is 11.0. The van der Waals surface area contributed by atoms with Gasteiger partial charge in [-0.05, 0) is 51.2 Å². The molecule has 1 amide bonds. The summed E-state index contributed by atoms with van der Waals surface area (Å²) in [5.74, 6) is -0.819. The monoisotopic (exact) mass is 385 g/mol. The molecule has 0 heterocycles. The molecule has 7 heteroatoms. The first kappa shape index (κ1) is 23.9. The second-order valence-electron chi connectivity index (χ2n) is 5.55. The van der Waals surface area contributed by atoms with Gasteiger partial charge in [0.05, 0.1) is 19.3 Å². The Morgan fingerprint density at radius 2 is 2.12 bits per heavy atom. The van der Waals surface area contributed by atoms with Gasteiger partial charge in [-0.1, -0.05) is 35.4 Å². The highest BCUT2D eigenvalue weighted by Crippen LogP contribution is 2.28. The van der Waals surface area contributed by atoms with E-state index in [1.54, 1.807) is 0 Å². The Bertz CT molecular complexity index is 587. The van der Waals surface area contributed by atoms with Crippen molar-refractivity contribution in [1.82, 2.24) is 5.32 Å². The zero-order valence-electron chi connectivity index (χ0n) is 15.5. The third-order valence-corrected chi connectivity index (χ3v) is 3.73. The maximum Gasteiger partial charge on any atom is 0.406 e. The summed E-state index contributed by atoms with van der Waals surface area (Å²) in [5, 5.41) is 20.2. The number of hydrogen-bond acceptors (Lipinski definition) is 4. The van der Waals surface area contributed by atoms with Crippen LogP contribution < -0.4 is 5.32 Å². The van der Waals surface area contributed by atoms with E-state index in [2.05, 4.69) is 16.1 Å². The van der Waals surface area contributed by atoms with Crippen LogP contribution in [0, 0.1) is 0 Å². The largest absolute Gasteiger partial charge is 0.478 e. The van der Waals surface area contributed by atoms with Gasteiger partial charge in [-0.25, -0.2) is 9.59 Å². The summed E-state index contributed by atoms with van der Waals surface area (Å²) >= 11 is 5.71. The molecule has 0 aliphatic heterocycles. The van der Waals surface area contributed by atoms with Crippen LogP contribution in [-0.4, -0.2) is 42.5 Å². The molecule has 0 spiro atoms. The van der Waals surface area contributed by atoms with Crippen molar-refractivity contribution in [2.45, 2.75) is 39.5 Å². The minimum Gasteiger partial charge on any atom is -0.478 e. The number of aliphatic hydroxyl groups excluding tert-OH is 1. The molecule has 0 fully saturated rings. The number of aliphatic hydroxyl groups is 1. The minimum atomic E-state index is -0.819. The lowest BCUT2D eigenvalue weighted by molar-refractivity contribution is -0.132. The number of ether oxygens (including phenoxy) is 1. The molecule has 0 saturated carbocycles. The number of rotatable bonds is 7. The quantitative estimate of drug-likeness (QED) is 0.577. The molecule has 0 bridgehead atoms. The van der Waals surface area contributed by atoms with Gasteiger partial charge in [0.1, 0.15) is 0 Å². The Morgan fingerprint density at radius 3 is 2.65 bits per heavy atom. The first-order valence-corrected chi connectivity index (χ1v) is 8.75. The number of carbonyl (C=O) groups excluding carboxylic acids is 1. The molecule has 146 valence electrons. The summed E-state index contributed by atoms with van der Waals surface area (Å²) < 4.78 is 4.19. The minimum absolute atomic E-state index is 0.0604. The van der Waals surface area contributed by atoms with E-state index in [1.165, 1.54) is 12.7 Å². The number of hydrogen-bond donors (Lipinski definition) is 3. The van der Waals surface area contributed by atoms with Crippen molar-refractivity contribution in [3.63, 3.8) is 0 Å². The lowest BCUT2D eigenvalue weighted by atomic mass is 9.89. The third kappa shape index (κ3) is 10.7. The van der Waals surface area contributed by atoms with Crippen LogP contribution >= 0.6 is 11.6 Å². The molecule has 0 aromatic heterocycles. The number of nitrogens with one attached hydrogen (secondary N) is 1. The van der Waals surface area contributed by atoms with Crippen molar-refractivity contribution in [2.75, 3.05) is 20.3 Å². The van der Waals surface area contributed by atoms with Crippen LogP contribution in [0.1, 0.15) is 39.5 Å². The van der Waals surface area contributed by atoms with Gasteiger partial charge in [-0.3, -0.25) is 0 Å². The third-order valence-electron chi connectivity index (χ3n) is 3.60. The second-order valence-corrected chi connectivity index (χ2v) is 6.15. The normalized spacial score (nSPS) is 14.5. The van der Waals surface area contributed by atoms with E-state index in [0.717, 1.165) is 36.3 Å². The molecule has 0 radical (unpaired) electrons. The predicted molar refractivity (Wildman–Crippen MR) is 103 cm³/mol. The molecule has 0 aromatic rings. The summed E-state index contributed by atoms with van der Waals surface area (Å²) in [6.45, 7) is 3.92. The number of alkyl carbamates (subject to hydrolysis) is 1. The highest BCUT2D eigenvalue weighted by molar-refractivity contribution is 6.29. The zero-order valence-corrected chi connectivity index (χ0v) is 16.3. The van der Waals surface area contributed by atoms with Gasteiger partial charge in [-0.2, -0.15) is 0 Å². The van der Waals surface area contributed by atoms with Crippen molar-refractivity contribution in [3.05, 3.63) is 46.1 Å². The van der Waals surface area contributed by atoms with E-state index in [4.69, 9.17) is 21.8 Å². The van der Waals surface area contributed by atoms with Gasteiger partial charge in [0.15, 0.2) is 0 Å². The van der Waals surface area contributed by atoms with Gasteiger partial charge in [0.25, 0.3) is 0 Å². The standard InChI is InChI=1S/C15H19ClO2.C4H9NO3/c1-11(16)7-4-3-5-8-13-9-6-10-14(12(13)2)15(17)18;1-8-4(7)5-2-3-6/h3-4,7,10H,5-6,8-9H2,1-2H3,(H,17,18);6H,2-3H2,1H3,(H,5,7)/b4-3-,11-7+;. The predicted octanol–water partition coefficient (Wildman–Crippen LogP) is 3.92. The highest BCUT2D eigenvalue weighted by Gasteiger charge is 2.16. The molecule has 6 nitrogen and oxygen atoms in total. The lowest BCUT2D eigenvalue weighted by Crippen LogP contribution is -2.25. The molecule has 1 rings (SSSR count). The summed E-state index contributed by atoms with van der Waals surface area (Å²) in [5.41, 5.74) is 2.66. The Kier molecular flexibility index (Phi) is 13.0. The number of methoxy groups -OCH3 is 1. The van der Waals surface area contributed by atoms with E-state index >= 15 is 0 Å². The summed E-state index contributed by atoms with van der Waals surface area (Å²) in [6, 6.07) is 0. The number of carbonyl (C=O) groups is 2. The van der Waals surface area contributed by atoms with Gasteiger partial charge in [0.2, 0.25) is 0 Å². The van der Waals surface area contributed by atoms with Crippen molar-refractivity contribution < 1.29 is 24.5 Å². The molecule has 26 heavy (non-hydrogen) atoms. The Morgan fingerprint density at radius 1 is 1.42 bits per heavy atom. The van der Waals surface area contributed by atoms with Crippen LogP contribution in [0.3, 0.4) is 0 Å². The highest BCUT2D eigenvalue weighted by atomic mass is 35.5. The SMILES string of the molecule is CC1=C(CC/C=C\C=C(/C)Cl)CCC=C1C(=O)O.COC(=O)NCCO. The van der Waals surface area contributed by atoms with E-state index in [0.29, 0.717) is 5.57 Å². The lowest BCUT2D eigenvalue weighted by Gasteiger charge is -2.16. The first-order valence-electron chi connectivity index (χ1n) is 8.37. The molecule has 1 aliphatic carbocycles. The zero-order chi connectivity index (χ0) is 19.9. The fourth-order valence-electron chi connectivity index (χ4n) is 2.27. The molecule has 3 N–H and O–H groups in total. The van der Waals surface area contributed by atoms with Crippen LogP contribution in [0.4, 0.5) is 4.79 Å². The van der Waals surface area contributed by atoms with Crippen molar-refractivity contribution >= 4 is 23.7 Å². The number of aliphatic carboxylic acids is 1. The van der Waals surface area contributed by atoms with Crippen LogP contribution in [0.5, 0.6) is 0 Å². The van der Waals surface area contributed by atoms with E-state index in [-0.39, 0.29) is 13.2 Å². The van der Waals surface area contributed by atoms with Gasteiger partial charge in [0, 0.05) is 11.6 Å². The summed E-state index contributed by atoms with van der Waals surface area (Å²) in [6.07, 6.45) is 10.8.